The van der Waals surface area contributed by atoms with E-state index in [0.29, 0.717) is 0 Å². The Hall–Kier alpha value is -1.76. The zero-order valence-corrected chi connectivity index (χ0v) is 11.4. The predicted octanol–water partition coefficient (Wildman–Crippen LogP) is 3.95. The number of nitrogens with zero attached hydrogens (tertiary/aromatic N) is 2. The molecule has 0 saturated carbocycles. The molecule has 2 aromatic carbocycles. The van der Waals surface area contributed by atoms with E-state index in [9.17, 15) is 10.1 Å². The lowest BCUT2D eigenvalue weighted by molar-refractivity contribution is -0.384. The second kappa shape index (κ2) is 5.72. The molecule has 0 aromatic heterocycles. The average Bonchev–Trinajstić information content (AvgIpc) is 2.38. The van der Waals surface area contributed by atoms with Crippen LogP contribution in [-0.4, -0.2) is 11.1 Å². The van der Waals surface area contributed by atoms with E-state index in [1.807, 2.05) is 24.3 Å². The minimum absolute atomic E-state index is 0.0846. The first-order chi connectivity index (χ1) is 8.65. The molecule has 0 aliphatic heterocycles. The van der Waals surface area contributed by atoms with Crippen LogP contribution < -0.4 is 0 Å². The Morgan fingerprint density at radius 3 is 2.22 bits per heavy atom. The Morgan fingerprint density at radius 1 is 1.06 bits per heavy atom. The number of nitro benzene ring substituents is 1. The second-order valence-corrected chi connectivity index (χ2v) is 4.83. The van der Waals surface area contributed by atoms with Crippen molar-refractivity contribution in [3.63, 3.8) is 0 Å². The maximum absolute atomic E-state index is 10.5. The number of non-ortho nitro benzene ring substituents is 1. The summed E-state index contributed by atoms with van der Waals surface area (Å²) in [5, 5.41) is 10.5. The van der Waals surface area contributed by atoms with Gasteiger partial charge in [-0.05, 0) is 64.6 Å². The molecule has 0 spiro atoms. The summed E-state index contributed by atoms with van der Waals surface area (Å²) in [6.07, 6.45) is 1.69. The average molecular weight is 352 g/mol. The molecule has 2 aromatic rings. The molecule has 0 aliphatic rings. The van der Waals surface area contributed by atoms with Gasteiger partial charge in [0.25, 0.3) is 5.69 Å². The van der Waals surface area contributed by atoms with E-state index in [2.05, 4.69) is 27.6 Å². The lowest BCUT2D eigenvalue weighted by atomic mass is 10.2. The molecule has 0 bridgehead atoms. The lowest BCUT2D eigenvalue weighted by Gasteiger charge is -1.95. The normalized spacial score (nSPS) is 10.7. The van der Waals surface area contributed by atoms with Gasteiger partial charge in [-0.1, -0.05) is 0 Å². The summed E-state index contributed by atoms with van der Waals surface area (Å²) in [4.78, 5) is 14.4. The van der Waals surface area contributed by atoms with Gasteiger partial charge in [0, 0.05) is 21.9 Å². The molecule has 2 rings (SSSR count). The molecule has 4 nitrogen and oxygen atoms in total. The van der Waals surface area contributed by atoms with E-state index in [1.165, 1.54) is 12.1 Å². The standard InChI is InChI=1S/C13H9IN2O2/c14-11-3-5-12(6-4-11)15-9-10-1-7-13(8-2-10)16(17)18/h1-9H. The van der Waals surface area contributed by atoms with Crippen molar-refractivity contribution in [3.05, 3.63) is 67.8 Å². The van der Waals surface area contributed by atoms with Gasteiger partial charge in [0.1, 0.15) is 0 Å². The fourth-order valence-electron chi connectivity index (χ4n) is 1.36. The van der Waals surface area contributed by atoms with E-state index in [1.54, 1.807) is 18.3 Å². The molecule has 18 heavy (non-hydrogen) atoms. The van der Waals surface area contributed by atoms with Gasteiger partial charge in [-0.2, -0.15) is 0 Å². The van der Waals surface area contributed by atoms with Crippen LogP contribution in [0.25, 0.3) is 0 Å². The summed E-state index contributed by atoms with van der Waals surface area (Å²) < 4.78 is 1.15. The number of hydrogen-bond donors (Lipinski definition) is 0. The number of nitro groups is 1. The van der Waals surface area contributed by atoms with Gasteiger partial charge in [-0.15, -0.1) is 0 Å². The van der Waals surface area contributed by atoms with Crippen LogP contribution in [-0.2, 0) is 0 Å². The van der Waals surface area contributed by atoms with Crippen molar-refractivity contribution < 1.29 is 4.92 Å². The van der Waals surface area contributed by atoms with Crippen molar-refractivity contribution in [2.45, 2.75) is 0 Å². The highest BCUT2D eigenvalue weighted by Crippen LogP contribution is 2.15. The van der Waals surface area contributed by atoms with Gasteiger partial charge < -0.3 is 0 Å². The van der Waals surface area contributed by atoms with Crippen LogP contribution in [0.15, 0.2) is 53.5 Å². The smallest absolute Gasteiger partial charge is 0.258 e. The van der Waals surface area contributed by atoms with Crippen molar-refractivity contribution in [3.8, 4) is 0 Å². The van der Waals surface area contributed by atoms with E-state index >= 15 is 0 Å². The Bertz CT molecular complexity index is 577. The minimum atomic E-state index is -0.417. The number of halogens is 1. The topological polar surface area (TPSA) is 55.5 Å². The van der Waals surface area contributed by atoms with Crippen LogP contribution in [0.1, 0.15) is 5.56 Å². The summed E-state index contributed by atoms with van der Waals surface area (Å²) in [6.45, 7) is 0. The monoisotopic (exact) mass is 352 g/mol. The van der Waals surface area contributed by atoms with Crippen LogP contribution in [0.5, 0.6) is 0 Å². The number of hydrogen-bond acceptors (Lipinski definition) is 3. The largest absolute Gasteiger partial charge is 0.269 e. The Balaban J connectivity index is 2.13. The number of benzene rings is 2. The third-order valence-corrected chi connectivity index (χ3v) is 3.01. The van der Waals surface area contributed by atoms with E-state index in [0.717, 1.165) is 14.8 Å². The van der Waals surface area contributed by atoms with Crippen molar-refractivity contribution in [1.29, 1.82) is 0 Å². The molecule has 5 heteroatoms. The van der Waals surface area contributed by atoms with E-state index < -0.39 is 4.92 Å². The van der Waals surface area contributed by atoms with Crippen LogP contribution in [0.2, 0.25) is 0 Å². The van der Waals surface area contributed by atoms with Gasteiger partial charge in [-0.25, -0.2) is 0 Å². The molecular weight excluding hydrogens is 343 g/mol. The molecule has 0 atom stereocenters. The molecular formula is C13H9IN2O2. The third kappa shape index (κ3) is 3.36. The van der Waals surface area contributed by atoms with Gasteiger partial charge in [-0.3, -0.25) is 15.1 Å². The molecule has 0 aliphatic carbocycles. The fourth-order valence-corrected chi connectivity index (χ4v) is 1.72. The Morgan fingerprint density at radius 2 is 1.67 bits per heavy atom. The first kappa shape index (κ1) is 12.7. The first-order valence-corrected chi connectivity index (χ1v) is 6.27. The zero-order chi connectivity index (χ0) is 13.0. The zero-order valence-electron chi connectivity index (χ0n) is 9.29. The fraction of sp³-hybridized carbons (Fsp3) is 0. The summed E-state index contributed by atoms with van der Waals surface area (Å²) in [5.74, 6) is 0. The van der Waals surface area contributed by atoms with Crippen LogP contribution in [0.3, 0.4) is 0 Å². The highest BCUT2D eigenvalue weighted by atomic mass is 127. The number of rotatable bonds is 3. The summed E-state index contributed by atoms with van der Waals surface area (Å²) in [5.41, 5.74) is 1.77. The molecule has 0 unspecified atom stereocenters. The SMILES string of the molecule is O=[N+]([O-])c1ccc(C=Nc2ccc(I)cc2)cc1. The molecule has 90 valence electrons. The highest BCUT2D eigenvalue weighted by molar-refractivity contribution is 14.1. The predicted molar refractivity (Wildman–Crippen MR) is 79.5 cm³/mol. The minimum Gasteiger partial charge on any atom is -0.258 e. The highest BCUT2D eigenvalue weighted by Gasteiger charge is 2.02. The second-order valence-electron chi connectivity index (χ2n) is 3.58. The van der Waals surface area contributed by atoms with Gasteiger partial charge in [0.15, 0.2) is 0 Å². The van der Waals surface area contributed by atoms with E-state index in [-0.39, 0.29) is 5.69 Å². The van der Waals surface area contributed by atoms with Crippen molar-refractivity contribution >= 4 is 40.2 Å². The Kier molecular flexibility index (Phi) is 4.03. The molecule has 0 N–H and O–H groups in total. The third-order valence-electron chi connectivity index (χ3n) is 2.29. The van der Waals surface area contributed by atoms with Crippen molar-refractivity contribution in [1.82, 2.24) is 0 Å². The quantitative estimate of drug-likeness (QED) is 0.364. The van der Waals surface area contributed by atoms with Gasteiger partial charge >= 0.3 is 0 Å². The first-order valence-electron chi connectivity index (χ1n) is 5.19. The lowest BCUT2D eigenvalue weighted by Crippen LogP contribution is -1.88. The van der Waals surface area contributed by atoms with Crippen LogP contribution in [0.4, 0.5) is 11.4 Å². The van der Waals surface area contributed by atoms with Gasteiger partial charge in [0.2, 0.25) is 0 Å². The number of aliphatic imine (C=N–C) groups is 1. The Labute approximate surface area is 118 Å². The van der Waals surface area contributed by atoms with Crippen LogP contribution in [0, 0.1) is 13.7 Å². The van der Waals surface area contributed by atoms with Crippen molar-refractivity contribution in [2.24, 2.45) is 4.99 Å². The summed E-state index contributed by atoms with van der Waals surface area (Å²) >= 11 is 2.23. The maximum Gasteiger partial charge on any atom is 0.269 e. The van der Waals surface area contributed by atoms with E-state index in [4.69, 9.17) is 0 Å². The molecule has 0 radical (unpaired) electrons. The summed E-state index contributed by atoms with van der Waals surface area (Å²) in [6, 6.07) is 14.1. The van der Waals surface area contributed by atoms with Crippen molar-refractivity contribution in [2.75, 3.05) is 0 Å². The molecule has 0 heterocycles. The van der Waals surface area contributed by atoms with Gasteiger partial charge in [0.05, 0.1) is 10.6 Å². The molecule has 0 amide bonds. The maximum atomic E-state index is 10.5. The molecule has 0 fully saturated rings. The summed E-state index contributed by atoms with van der Waals surface area (Å²) in [7, 11) is 0. The van der Waals surface area contributed by atoms with Crippen LogP contribution >= 0.6 is 22.6 Å². The molecule has 0 saturated heterocycles.